The molecule has 2 aromatic carbocycles. The number of carbonyl (C=O) groups excluding carboxylic acids is 1. The molecule has 0 bridgehead atoms. The van der Waals surface area contributed by atoms with Crippen LogP contribution in [0.5, 0.6) is 0 Å². The van der Waals surface area contributed by atoms with Gasteiger partial charge in [0.05, 0.1) is 0 Å². The Morgan fingerprint density at radius 2 is 1.77 bits per heavy atom. The Balaban J connectivity index is 1.94. The van der Waals surface area contributed by atoms with Crippen molar-refractivity contribution in [3.63, 3.8) is 0 Å². The average molecular weight is 375 g/mol. The molecule has 0 unspecified atom stereocenters. The van der Waals surface area contributed by atoms with Gasteiger partial charge in [0.1, 0.15) is 5.60 Å². The number of hydrogen-bond donors (Lipinski definition) is 2. The number of rotatable bonds is 7. The van der Waals surface area contributed by atoms with Crippen molar-refractivity contribution in [3.05, 3.63) is 42.5 Å². The van der Waals surface area contributed by atoms with E-state index in [1.54, 1.807) is 32.5 Å². The van der Waals surface area contributed by atoms with E-state index in [9.17, 15) is 14.7 Å². The van der Waals surface area contributed by atoms with Crippen LogP contribution in [0, 0.1) is 0 Å². The second-order valence-electron chi connectivity index (χ2n) is 7.24. The number of carboxylic acids is 1. The molecule has 0 radical (unpaired) electrons. The highest BCUT2D eigenvalue weighted by Gasteiger charge is 2.44. The summed E-state index contributed by atoms with van der Waals surface area (Å²) in [6, 6.07) is 14.3. The van der Waals surface area contributed by atoms with Crippen LogP contribution in [0.3, 0.4) is 0 Å². The third kappa shape index (κ3) is 5.22. The van der Waals surface area contributed by atoms with Crippen LogP contribution in [0.4, 0.5) is 0 Å². The van der Waals surface area contributed by atoms with Gasteiger partial charge in [-0.2, -0.15) is 0 Å². The van der Waals surface area contributed by atoms with Gasteiger partial charge in [-0.15, -0.1) is 11.8 Å². The molecular formula is C20H25NO4S. The molecule has 0 aliphatic heterocycles. The minimum atomic E-state index is -2.02. The number of ether oxygens (including phenoxy) is 1. The third-order valence-corrected chi connectivity index (χ3v) is 4.93. The molecule has 140 valence electrons. The van der Waals surface area contributed by atoms with Crippen molar-refractivity contribution >= 4 is 34.5 Å². The summed E-state index contributed by atoms with van der Waals surface area (Å²) >= 11 is 1.61. The predicted octanol–water partition coefficient (Wildman–Crippen LogP) is 3.84. The molecule has 2 rings (SSSR count). The fourth-order valence-electron chi connectivity index (χ4n) is 2.46. The zero-order chi connectivity index (χ0) is 19.4. The maximum atomic E-state index is 12.2. The molecule has 0 saturated carbocycles. The van der Waals surface area contributed by atoms with Crippen molar-refractivity contribution in [1.29, 1.82) is 0 Å². The van der Waals surface area contributed by atoms with Crippen LogP contribution < -0.4 is 5.73 Å². The van der Waals surface area contributed by atoms with Gasteiger partial charge in [-0.25, -0.2) is 9.59 Å². The van der Waals surface area contributed by atoms with Crippen LogP contribution in [0.25, 0.3) is 10.8 Å². The van der Waals surface area contributed by atoms with Crippen LogP contribution in [-0.4, -0.2) is 33.9 Å². The molecule has 0 fully saturated rings. The molecule has 0 amide bonds. The summed E-state index contributed by atoms with van der Waals surface area (Å²) in [4.78, 5) is 24.8. The zero-order valence-electron chi connectivity index (χ0n) is 15.3. The number of hydrogen-bond acceptors (Lipinski definition) is 5. The Kier molecular flexibility index (Phi) is 6.31. The molecule has 5 nitrogen and oxygen atoms in total. The van der Waals surface area contributed by atoms with Crippen LogP contribution in [-0.2, 0) is 14.3 Å². The van der Waals surface area contributed by atoms with Crippen LogP contribution >= 0.6 is 11.8 Å². The molecule has 3 N–H and O–H groups in total. The van der Waals surface area contributed by atoms with Gasteiger partial charge in [0.15, 0.2) is 0 Å². The molecule has 0 aromatic heterocycles. The number of fused-ring (bicyclic) bond motifs is 1. The predicted molar refractivity (Wildman–Crippen MR) is 104 cm³/mol. The van der Waals surface area contributed by atoms with E-state index in [0.717, 1.165) is 10.3 Å². The van der Waals surface area contributed by atoms with Crippen molar-refractivity contribution < 1.29 is 19.4 Å². The average Bonchev–Trinajstić information content (AvgIpc) is 2.56. The minimum Gasteiger partial charge on any atom is -0.479 e. The molecule has 0 heterocycles. The van der Waals surface area contributed by atoms with E-state index in [1.165, 1.54) is 5.39 Å². The number of esters is 1. The first-order chi connectivity index (χ1) is 12.1. The van der Waals surface area contributed by atoms with E-state index in [2.05, 4.69) is 24.3 Å². The summed E-state index contributed by atoms with van der Waals surface area (Å²) in [5.74, 6) is -1.59. The molecule has 0 aliphatic carbocycles. The standard InChI is InChI=1S/C20H25NO4S/c1-19(2,3)25-18(24)20(21,17(22)23)11-6-12-26-16-10-9-14-7-4-5-8-15(14)13-16/h4-5,7-10,13H,6,11-12,21H2,1-3H3,(H,22,23)/t20-/m0/s1. The summed E-state index contributed by atoms with van der Waals surface area (Å²) in [6.45, 7) is 5.05. The molecule has 2 aromatic rings. The molecular weight excluding hydrogens is 350 g/mol. The monoisotopic (exact) mass is 375 g/mol. The van der Waals surface area contributed by atoms with Crippen molar-refractivity contribution in [2.45, 2.75) is 49.6 Å². The lowest BCUT2D eigenvalue weighted by Crippen LogP contribution is -2.57. The number of benzene rings is 2. The summed E-state index contributed by atoms with van der Waals surface area (Å²) in [7, 11) is 0. The highest BCUT2D eigenvalue weighted by molar-refractivity contribution is 7.99. The fourth-order valence-corrected chi connectivity index (χ4v) is 3.36. The number of carboxylic acid groups (broad SMARTS) is 1. The summed E-state index contributed by atoms with van der Waals surface area (Å²) < 4.78 is 5.18. The molecule has 0 saturated heterocycles. The molecule has 6 heteroatoms. The lowest BCUT2D eigenvalue weighted by molar-refractivity contribution is -0.169. The van der Waals surface area contributed by atoms with Gasteiger partial charge in [-0.05, 0) is 62.3 Å². The van der Waals surface area contributed by atoms with Gasteiger partial charge in [-0.1, -0.05) is 30.3 Å². The SMILES string of the molecule is CC(C)(C)OC(=O)[C@](N)(CCCSc1ccc2ccccc2c1)C(=O)O. The van der Waals surface area contributed by atoms with Crippen molar-refractivity contribution in [3.8, 4) is 0 Å². The van der Waals surface area contributed by atoms with Gasteiger partial charge >= 0.3 is 11.9 Å². The van der Waals surface area contributed by atoms with E-state index in [0.29, 0.717) is 12.2 Å². The van der Waals surface area contributed by atoms with E-state index in [-0.39, 0.29) is 6.42 Å². The summed E-state index contributed by atoms with van der Waals surface area (Å²) in [5.41, 5.74) is 3.06. The quantitative estimate of drug-likeness (QED) is 0.331. The normalized spacial score (nSPS) is 14.0. The van der Waals surface area contributed by atoms with Crippen LogP contribution in [0.15, 0.2) is 47.4 Å². The van der Waals surface area contributed by atoms with Crippen molar-refractivity contribution in [2.75, 3.05) is 5.75 Å². The van der Waals surface area contributed by atoms with Gasteiger partial charge in [0, 0.05) is 4.90 Å². The molecule has 26 heavy (non-hydrogen) atoms. The smallest absolute Gasteiger partial charge is 0.338 e. The number of aliphatic carboxylic acids is 1. The Labute approximate surface area is 157 Å². The van der Waals surface area contributed by atoms with E-state index in [4.69, 9.17) is 10.5 Å². The second-order valence-corrected chi connectivity index (χ2v) is 8.41. The first kappa shape index (κ1) is 20.3. The lowest BCUT2D eigenvalue weighted by atomic mass is 9.95. The maximum Gasteiger partial charge on any atom is 0.338 e. The Morgan fingerprint density at radius 3 is 2.38 bits per heavy atom. The summed E-state index contributed by atoms with van der Waals surface area (Å²) in [5, 5.41) is 11.7. The van der Waals surface area contributed by atoms with Gasteiger partial charge in [-0.3, -0.25) is 0 Å². The van der Waals surface area contributed by atoms with Gasteiger partial charge < -0.3 is 15.6 Å². The Hall–Kier alpha value is -2.05. The van der Waals surface area contributed by atoms with Crippen molar-refractivity contribution in [1.82, 2.24) is 0 Å². The minimum absolute atomic E-state index is 0.0256. The number of nitrogens with two attached hydrogens (primary N) is 1. The van der Waals surface area contributed by atoms with Crippen LogP contribution in [0.2, 0.25) is 0 Å². The highest BCUT2D eigenvalue weighted by Crippen LogP contribution is 2.26. The maximum absolute atomic E-state index is 12.2. The summed E-state index contributed by atoms with van der Waals surface area (Å²) in [6.07, 6.45) is 0.511. The van der Waals surface area contributed by atoms with Crippen LogP contribution in [0.1, 0.15) is 33.6 Å². The Bertz CT molecular complexity index is 800. The van der Waals surface area contributed by atoms with E-state index >= 15 is 0 Å². The highest BCUT2D eigenvalue weighted by atomic mass is 32.2. The molecule has 0 aliphatic rings. The first-order valence-corrected chi connectivity index (χ1v) is 9.48. The Morgan fingerprint density at radius 1 is 1.12 bits per heavy atom. The van der Waals surface area contributed by atoms with E-state index in [1.807, 2.05) is 18.2 Å². The number of thioether (sulfide) groups is 1. The van der Waals surface area contributed by atoms with Crippen molar-refractivity contribution in [2.24, 2.45) is 5.73 Å². The van der Waals surface area contributed by atoms with E-state index < -0.39 is 23.1 Å². The zero-order valence-corrected chi connectivity index (χ0v) is 16.1. The van der Waals surface area contributed by atoms with Gasteiger partial charge in [0.25, 0.3) is 0 Å². The molecule has 0 spiro atoms. The third-order valence-electron chi connectivity index (χ3n) is 3.85. The second kappa shape index (κ2) is 8.10. The largest absolute Gasteiger partial charge is 0.479 e. The topological polar surface area (TPSA) is 89.6 Å². The molecule has 1 atom stereocenters. The van der Waals surface area contributed by atoms with Gasteiger partial charge in [0.2, 0.25) is 5.54 Å². The fraction of sp³-hybridized carbons (Fsp3) is 0.400. The number of carbonyl (C=O) groups is 2. The first-order valence-electron chi connectivity index (χ1n) is 8.49. The lowest BCUT2D eigenvalue weighted by Gasteiger charge is -2.28.